The molecule has 2 aromatic carbocycles. The van der Waals surface area contributed by atoms with Crippen LogP contribution in [-0.2, 0) is 11.3 Å². The van der Waals surface area contributed by atoms with Crippen LogP contribution in [0.3, 0.4) is 0 Å². The predicted molar refractivity (Wildman–Crippen MR) is 146 cm³/mol. The van der Waals surface area contributed by atoms with E-state index >= 15 is 0 Å². The van der Waals surface area contributed by atoms with Gasteiger partial charge in [-0.25, -0.2) is 9.37 Å². The van der Waals surface area contributed by atoms with Crippen LogP contribution in [0, 0.1) is 23.1 Å². The summed E-state index contributed by atoms with van der Waals surface area (Å²) < 4.78 is 22.2. The Bertz CT molecular complexity index is 1540. The molecule has 7 heteroatoms. The zero-order chi connectivity index (χ0) is 27.1. The van der Waals surface area contributed by atoms with Gasteiger partial charge in [-0.1, -0.05) is 24.3 Å². The van der Waals surface area contributed by atoms with Gasteiger partial charge in [-0.2, -0.15) is 0 Å². The molecule has 2 aliphatic rings. The van der Waals surface area contributed by atoms with Crippen molar-refractivity contribution in [2.45, 2.75) is 45.6 Å². The van der Waals surface area contributed by atoms with Crippen molar-refractivity contribution < 1.29 is 23.8 Å². The molecule has 0 atom stereocenters. The smallest absolute Gasteiger partial charge is 0.306 e. The third-order valence-corrected chi connectivity index (χ3v) is 8.47. The average molecular weight is 527 g/mol. The fourth-order valence-corrected chi connectivity index (χ4v) is 6.64. The minimum Gasteiger partial charge on any atom is -0.481 e. The molecule has 2 aliphatic carbocycles. The van der Waals surface area contributed by atoms with E-state index in [9.17, 15) is 19.1 Å². The normalized spacial score (nSPS) is 21.9. The molecule has 2 saturated carbocycles. The maximum absolute atomic E-state index is 14.7. The number of carbonyl (C=O) groups is 2. The van der Waals surface area contributed by atoms with Crippen LogP contribution >= 0.6 is 0 Å². The van der Waals surface area contributed by atoms with Gasteiger partial charge in [0.2, 0.25) is 5.88 Å². The quantitative estimate of drug-likeness (QED) is 0.244. The van der Waals surface area contributed by atoms with Crippen molar-refractivity contribution in [3.05, 3.63) is 83.9 Å². The van der Waals surface area contributed by atoms with Gasteiger partial charge in [0.1, 0.15) is 5.82 Å². The van der Waals surface area contributed by atoms with Crippen molar-refractivity contribution >= 4 is 22.7 Å². The van der Waals surface area contributed by atoms with E-state index in [1.165, 1.54) is 6.07 Å². The summed E-state index contributed by atoms with van der Waals surface area (Å²) in [4.78, 5) is 28.8. The molecule has 0 aliphatic heterocycles. The van der Waals surface area contributed by atoms with Gasteiger partial charge in [0.15, 0.2) is 5.78 Å². The number of ether oxygens (including phenoxy) is 1. The Labute approximate surface area is 226 Å². The topological polar surface area (TPSA) is 81.4 Å². The molecule has 0 radical (unpaired) electrons. The van der Waals surface area contributed by atoms with Crippen LogP contribution in [0.2, 0.25) is 0 Å². The number of carbonyl (C=O) groups excluding carboxylic acids is 1. The van der Waals surface area contributed by atoms with Crippen molar-refractivity contribution in [2.24, 2.45) is 17.3 Å². The Balaban J connectivity index is 1.18. The van der Waals surface area contributed by atoms with Crippen LogP contribution in [-0.4, -0.2) is 33.0 Å². The molecule has 0 bridgehead atoms. The van der Waals surface area contributed by atoms with E-state index in [4.69, 9.17) is 4.74 Å². The average Bonchev–Trinajstić information content (AvgIpc) is 3.30. The zero-order valence-corrected chi connectivity index (χ0v) is 21.9. The van der Waals surface area contributed by atoms with Gasteiger partial charge in [0.05, 0.1) is 18.0 Å². The maximum atomic E-state index is 14.7. The number of carboxylic acids is 1. The van der Waals surface area contributed by atoms with Crippen LogP contribution in [0.1, 0.15) is 54.9 Å². The molecule has 0 unspecified atom stereocenters. The second kappa shape index (κ2) is 9.95. The number of hydrogen-bond acceptors (Lipinski definition) is 4. The fraction of sp³-hybridized carbons (Fsp3) is 0.344. The summed E-state index contributed by atoms with van der Waals surface area (Å²) in [6.45, 7) is 2.99. The van der Waals surface area contributed by atoms with Crippen molar-refractivity contribution in [3.8, 4) is 17.0 Å². The molecule has 4 aromatic rings. The lowest BCUT2D eigenvalue weighted by Crippen LogP contribution is -2.50. The summed E-state index contributed by atoms with van der Waals surface area (Å²) in [6, 6.07) is 16.7. The first-order valence-corrected chi connectivity index (χ1v) is 13.6. The van der Waals surface area contributed by atoms with Crippen LogP contribution in [0.4, 0.5) is 4.39 Å². The minimum absolute atomic E-state index is 0.0204. The Morgan fingerprint density at radius 1 is 1.05 bits per heavy atom. The summed E-state index contributed by atoms with van der Waals surface area (Å²) in [5.74, 6) is -0.404. The van der Waals surface area contributed by atoms with Crippen LogP contribution in [0.15, 0.2) is 67.0 Å². The van der Waals surface area contributed by atoms with Gasteiger partial charge in [-0.15, -0.1) is 0 Å². The molecule has 2 aromatic heterocycles. The van der Waals surface area contributed by atoms with E-state index in [0.717, 1.165) is 42.4 Å². The number of nitrogens with zero attached hydrogens (tertiary/aromatic N) is 2. The number of aromatic nitrogens is 2. The van der Waals surface area contributed by atoms with Gasteiger partial charge in [0.25, 0.3) is 0 Å². The summed E-state index contributed by atoms with van der Waals surface area (Å²) in [7, 11) is 0. The molecule has 0 amide bonds. The summed E-state index contributed by atoms with van der Waals surface area (Å²) in [5, 5.41) is 9.63. The molecular weight excluding hydrogens is 495 g/mol. The Hall–Kier alpha value is -4.00. The van der Waals surface area contributed by atoms with Gasteiger partial charge in [0, 0.05) is 42.4 Å². The Kier molecular flexibility index (Phi) is 6.45. The van der Waals surface area contributed by atoms with E-state index in [1.54, 1.807) is 18.3 Å². The summed E-state index contributed by atoms with van der Waals surface area (Å²) >= 11 is 0. The van der Waals surface area contributed by atoms with E-state index in [0.29, 0.717) is 41.9 Å². The highest BCUT2D eigenvalue weighted by Crippen LogP contribution is 2.62. The first kappa shape index (κ1) is 25.3. The number of benzene rings is 2. The van der Waals surface area contributed by atoms with Crippen LogP contribution in [0.25, 0.3) is 22.0 Å². The van der Waals surface area contributed by atoms with E-state index < -0.39 is 5.97 Å². The lowest BCUT2D eigenvalue weighted by atomic mass is 9.47. The third kappa shape index (κ3) is 4.82. The van der Waals surface area contributed by atoms with Crippen LogP contribution < -0.4 is 4.74 Å². The van der Waals surface area contributed by atoms with Gasteiger partial charge >= 0.3 is 5.97 Å². The second-order valence-corrected chi connectivity index (χ2v) is 11.2. The lowest BCUT2D eigenvalue weighted by Gasteiger charge is -2.56. The number of pyridine rings is 1. The number of hydrogen-bond donors (Lipinski definition) is 1. The van der Waals surface area contributed by atoms with Crippen LogP contribution in [0.5, 0.6) is 5.88 Å². The Morgan fingerprint density at radius 2 is 1.82 bits per heavy atom. The van der Waals surface area contributed by atoms with E-state index in [2.05, 4.69) is 4.98 Å². The third-order valence-electron chi connectivity index (χ3n) is 8.47. The number of aliphatic carboxylic acids is 1. The van der Waals surface area contributed by atoms with Crippen molar-refractivity contribution in [1.82, 2.24) is 9.55 Å². The second-order valence-electron chi connectivity index (χ2n) is 11.2. The number of rotatable bonds is 9. The van der Waals surface area contributed by atoms with Gasteiger partial charge < -0.3 is 14.4 Å². The predicted octanol–water partition coefficient (Wildman–Crippen LogP) is 6.75. The van der Waals surface area contributed by atoms with E-state index in [1.807, 2.05) is 54.1 Å². The highest BCUT2D eigenvalue weighted by molar-refractivity contribution is 6.07. The van der Waals surface area contributed by atoms with Crippen molar-refractivity contribution in [3.63, 3.8) is 0 Å². The zero-order valence-electron chi connectivity index (χ0n) is 21.9. The molecule has 2 heterocycles. The SMILES string of the molecule is CCOc1cc(-c2ccc(Cn3ccc4c(F)ccc(C(=O)CC5CC6(C5)CC(C(=O)O)C6)c43)cc2)ccn1. The number of carboxylic acid groups (broad SMARTS) is 1. The summed E-state index contributed by atoms with van der Waals surface area (Å²) in [5.41, 5.74) is 4.39. The molecular formula is C32H31FN2O4. The first-order valence-electron chi connectivity index (χ1n) is 13.6. The fourth-order valence-electron chi connectivity index (χ4n) is 6.64. The first-order chi connectivity index (χ1) is 18.8. The van der Waals surface area contributed by atoms with E-state index in [-0.39, 0.29) is 28.9 Å². The number of ketones is 1. The largest absolute Gasteiger partial charge is 0.481 e. The number of Topliss-reactive ketones (excluding diaryl/α,β-unsaturated/α-hetero) is 1. The highest BCUT2D eigenvalue weighted by Gasteiger charge is 2.54. The molecule has 6 nitrogen and oxygen atoms in total. The molecule has 200 valence electrons. The number of fused-ring (bicyclic) bond motifs is 1. The minimum atomic E-state index is -0.711. The monoisotopic (exact) mass is 526 g/mol. The molecule has 1 N–H and O–H groups in total. The van der Waals surface area contributed by atoms with Crippen molar-refractivity contribution in [2.75, 3.05) is 6.61 Å². The Morgan fingerprint density at radius 3 is 2.54 bits per heavy atom. The van der Waals surface area contributed by atoms with Crippen molar-refractivity contribution in [1.29, 1.82) is 0 Å². The summed E-state index contributed by atoms with van der Waals surface area (Å²) in [6.07, 6.45) is 7.25. The maximum Gasteiger partial charge on any atom is 0.306 e. The lowest BCUT2D eigenvalue weighted by molar-refractivity contribution is -0.157. The van der Waals surface area contributed by atoms with Gasteiger partial charge in [-0.05, 0) is 84.9 Å². The molecule has 2 fully saturated rings. The molecule has 0 saturated heterocycles. The number of halogens is 1. The van der Waals surface area contributed by atoms with Gasteiger partial charge in [-0.3, -0.25) is 9.59 Å². The highest BCUT2D eigenvalue weighted by atomic mass is 19.1. The molecule has 6 rings (SSSR count). The standard InChI is InChI=1S/C32H31FN2O4/c1-2-39-29-14-23(9-11-34-29)22-5-3-20(4-6-22)19-35-12-10-25-27(33)8-7-26(30(25)35)28(36)13-21-15-32(16-21)17-24(18-32)31(37)38/h3-12,14,21,24H,2,13,15-19H2,1H3,(H,37,38). The molecule has 1 spiro atoms. The molecule has 39 heavy (non-hydrogen) atoms.